The van der Waals surface area contributed by atoms with Gasteiger partial charge < -0.3 is 10.1 Å². The van der Waals surface area contributed by atoms with E-state index in [-0.39, 0.29) is 0 Å². The minimum absolute atomic E-state index is 0.378. The summed E-state index contributed by atoms with van der Waals surface area (Å²) in [4.78, 5) is 0. The summed E-state index contributed by atoms with van der Waals surface area (Å²) < 4.78 is 5.70. The number of piperidine rings is 1. The Kier molecular flexibility index (Phi) is 2.94. The van der Waals surface area contributed by atoms with Gasteiger partial charge in [-0.25, -0.2) is 0 Å². The van der Waals surface area contributed by atoms with Gasteiger partial charge in [0.1, 0.15) is 0 Å². The summed E-state index contributed by atoms with van der Waals surface area (Å²) in [6, 6.07) is 0. The second-order valence-electron chi connectivity index (χ2n) is 3.39. The first-order chi connectivity index (χ1) is 6.45. The molecule has 1 fully saturated rings. The first-order valence-electron chi connectivity index (χ1n) is 4.75. The van der Waals surface area contributed by atoms with E-state index in [0.29, 0.717) is 12.7 Å². The number of hydrogen-bond donors (Lipinski definition) is 2. The zero-order valence-electron chi connectivity index (χ0n) is 7.62. The highest BCUT2D eigenvalue weighted by Crippen LogP contribution is 2.08. The molecule has 0 amide bonds. The number of nitrogens with one attached hydrogen (secondary N) is 2. The lowest BCUT2D eigenvalue weighted by Crippen LogP contribution is -2.35. The Morgan fingerprint density at radius 1 is 1.62 bits per heavy atom. The molecule has 1 aliphatic heterocycles. The van der Waals surface area contributed by atoms with Gasteiger partial charge in [0.05, 0.1) is 18.9 Å². The molecule has 4 heteroatoms. The monoisotopic (exact) mass is 181 g/mol. The summed E-state index contributed by atoms with van der Waals surface area (Å²) in [6.07, 6.45) is 6.44. The topological polar surface area (TPSA) is 49.9 Å². The van der Waals surface area contributed by atoms with Gasteiger partial charge in [-0.2, -0.15) is 5.10 Å². The van der Waals surface area contributed by atoms with Crippen molar-refractivity contribution in [2.75, 3.05) is 13.1 Å². The molecule has 72 valence electrons. The zero-order valence-corrected chi connectivity index (χ0v) is 7.62. The van der Waals surface area contributed by atoms with Crippen LogP contribution < -0.4 is 5.32 Å². The molecule has 2 rings (SSSR count). The van der Waals surface area contributed by atoms with E-state index in [0.717, 1.165) is 18.7 Å². The van der Waals surface area contributed by atoms with Crippen LogP contribution in [0, 0.1) is 0 Å². The molecule has 2 heterocycles. The number of ether oxygens (including phenoxy) is 1. The highest BCUT2D eigenvalue weighted by molar-refractivity contribution is 5.00. The maximum Gasteiger partial charge on any atom is 0.0751 e. The van der Waals surface area contributed by atoms with Crippen LogP contribution in [-0.4, -0.2) is 29.4 Å². The molecule has 13 heavy (non-hydrogen) atoms. The molecule has 0 bridgehead atoms. The summed E-state index contributed by atoms with van der Waals surface area (Å²) in [5.41, 5.74) is 1.12. The molecular formula is C9H15N3O. The van der Waals surface area contributed by atoms with Crippen LogP contribution in [0.4, 0.5) is 0 Å². The molecule has 0 aromatic carbocycles. The fraction of sp³-hybridized carbons (Fsp3) is 0.667. The molecule has 1 aromatic rings. The van der Waals surface area contributed by atoms with Crippen molar-refractivity contribution >= 4 is 0 Å². The van der Waals surface area contributed by atoms with E-state index < -0.39 is 0 Å². The van der Waals surface area contributed by atoms with Gasteiger partial charge in [0.2, 0.25) is 0 Å². The number of nitrogens with zero attached hydrogens (tertiary/aromatic N) is 1. The van der Waals surface area contributed by atoms with Crippen LogP contribution in [-0.2, 0) is 11.3 Å². The largest absolute Gasteiger partial charge is 0.372 e. The summed E-state index contributed by atoms with van der Waals surface area (Å²) >= 11 is 0. The van der Waals surface area contributed by atoms with Crippen LogP contribution >= 0.6 is 0 Å². The summed E-state index contributed by atoms with van der Waals surface area (Å²) in [5, 5.41) is 9.95. The standard InChI is InChI=1S/C9H15N3O/c1-2-9(6-10-3-1)13-7-8-4-11-12-5-8/h4-5,9-10H,1-3,6-7H2,(H,11,12)/t9-/m0/s1. The van der Waals surface area contributed by atoms with Crippen LogP contribution in [0.2, 0.25) is 0 Å². The van der Waals surface area contributed by atoms with Gasteiger partial charge in [0.15, 0.2) is 0 Å². The smallest absolute Gasteiger partial charge is 0.0751 e. The Morgan fingerprint density at radius 2 is 2.62 bits per heavy atom. The molecule has 1 aliphatic rings. The molecule has 2 N–H and O–H groups in total. The van der Waals surface area contributed by atoms with E-state index in [4.69, 9.17) is 4.74 Å². The maximum absolute atomic E-state index is 5.70. The molecule has 1 aromatic heterocycles. The van der Waals surface area contributed by atoms with Gasteiger partial charge in [-0.3, -0.25) is 5.10 Å². The van der Waals surface area contributed by atoms with E-state index in [1.807, 2.05) is 6.20 Å². The average molecular weight is 181 g/mol. The third-order valence-electron chi connectivity index (χ3n) is 2.29. The van der Waals surface area contributed by atoms with Gasteiger partial charge in [0.25, 0.3) is 0 Å². The Morgan fingerprint density at radius 3 is 3.31 bits per heavy atom. The van der Waals surface area contributed by atoms with Gasteiger partial charge in [-0.1, -0.05) is 0 Å². The molecule has 1 atom stereocenters. The Balaban J connectivity index is 1.72. The second-order valence-corrected chi connectivity index (χ2v) is 3.39. The SMILES string of the molecule is c1n[nH]cc1CO[C@H]1CCCNC1. The molecular weight excluding hydrogens is 166 g/mol. The lowest BCUT2D eigenvalue weighted by molar-refractivity contribution is 0.0253. The third kappa shape index (κ3) is 2.54. The predicted octanol–water partition coefficient (Wildman–Crippen LogP) is 0.678. The fourth-order valence-corrected chi connectivity index (χ4v) is 1.53. The van der Waals surface area contributed by atoms with Crippen molar-refractivity contribution in [3.05, 3.63) is 18.0 Å². The number of rotatable bonds is 3. The lowest BCUT2D eigenvalue weighted by Gasteiger charge is -2.22. The lowest BCUT2D eigenvalue weighted by atomic mass is 10.1. The number of aromatic nitrogens is 2. The molecule has 0 unspecified atom stereocenters. The maximum atomic E-state index is 5.70. The van der Waals surface area contributed by atoms with E-state index >= 15 is 0 Å². The van der Waals surface area contributed by atoms with Crippen molar-refractivity contribution in [3.8, 4) is 0 Å². The Bertz CT molecular complexity index is 229. The first kappa shape index (κ1) is 8.72. The van der Waals surface area contributed by atoms with E-state index in [2.05, 4.69) is 15.5 Å². The summed E-state index contributed by atoms with van der Waals surface area (Å²) in [6.45, 7) is 2.78. The summed E-state index contributed by atoms with van der Waals surface area (Å²) in [5.74, 6) is 0. The van der Waals surface area contributed by atoms with Crippen LogP contribution in [0.1, 0.15) is 18.4 Å². The van der Waals surface area contributed by atoms with Crippen molar-refractivity contribution in [2.45, 2.75) is 25.6 Å². The molecule has 4 nitrogen and oxygen atoms in total. The van der Waals surface area contributed by atoms with Crippen LogP contribution in [0.15, 0.2) is 12.4 Å². The Labute approximate surface area is 77.7 Å². The highest BCUT2D eigenvalue weighted by atomic mass is 16.5. The van der Waals surface area contributed by atoms with E-state index in [1.54, 1.807) is 6.20 Å². The van der Waals surface area contributed by atoms with Gasteiger partial charge in [0, 0.05) is 18.3 Å². The normalized spacial score (nSPS) is 23.2. The van der Waals surface area contributed by atoms with Crippen LogP contribution in [0.3, 0.4) is 0 Å². The van der Waals surface area contributed by atoms with E-state index in [1.165, 1.54) is 12.8 Å². The van der Waals surface area contributed by atoms with Crippen LogP contribution in [0.5, 0.6) is 0 Å². The number of hydrogen-bond acceptors (Lipinski definition) is 3. The molecule has 1 saturated heterocycles. The first-order valence-corrected chi connectivity index (χ1v) is 4.75. The highest BCUT2D eigenvalue weighted by Gasteiger charge is 2.12. The van der Waals surface area contributed by atoms with Crippen molar-refractivity contribution < 1.29 is 4.74 Å². The van der Waals surface area contributed by atoms with Gasteiger partial charge in [-0.15, -0.1) is 0 Å². The summed E-state index contributed by atoms with van der Waals surface area (Å²) in [7, 11) is 0. The van der Waals surface area contributed by atoms with Crippen LogP contribution in [0.25, 0.3) is 0 Å². The minimum Gasteiger partial charge on any atom is -0.372 e. The second kappa shape index (κ2) is 4.39. The molecule has 0 spiro atoms. The average Bonchev–Trinajstić information content (AvgIpc) is 2.69. The third-order valence-corrected chi connectivity index (χ3v) is 2.29. The quantitative estimate of drug-likeness (QED) is 0.721. The number of H-pyrrole nitrogens is 1. The Hall–Kier alpha value is -0.870. The minimum atomic E-state index is 0.378. The number of aromatic amines is 1. The van der Waals surface area contributed by atoms with E-state index in [9.17, 15) is 0 Å². The molecule has 0 saturated carbocycles. The van der Waals surface area contributed by atoms with Gasteiger partial charge in [-0.05, 0) is 19.4 Å². The molecule has 0 aliphatic carbocycles. The van der Waals surface area contributed by atoms with Gasteiger partial charge >= 0.3 is 0 Å². The van der Waals surface area contributed by atoms with Crippen molar-refractivity contribution in [1.82, 2.24) is 15.5 Å². The zero-order chi connectivity index (χ0) is 8.93. The van der Waals surface area contributed by atoms with Crippen molar-refractivity contribution in [3.63, 3.8) is 0 Å². The predicted molar refractivity (Wildman–Crippen MR) is 49.3 cm³/mol. The van der Waals surface area contributed by atoms with Crippen molar-refractivity contribution in [1.29, 1.82) is 0 Å². The molecule has 0 radical (unpaired) electrons. The fourth-order valence-electron chi connectivity index (χ4n) is 1.53. The van der Waals surface area contributed by atoms with Crippen molar-refractivity contribution in [2.24, 2.45) is 0 Å².